The number of amides is 2. The number of nitrogens with zero attached hydrogens (tertiary/aromatic N) is 1. The van der Waals surface area contributed by atoms with Crippen LogP contribution in [0.2, 0.25) is 0 Å². The van der Waals surface area contributed by atoms with Crippen molar-refractivity contribution >= 4 is 11.8 Å². The highest BCUT2D eigenvalue weighted by atomic mass is 16.5. The third kappa shape index (κ3) is 6.52. The van der Waals surface area contributed by atoms with Gasteiger partial charge in [0.05, 0.1) is 7.11 Å². The van der Waals surface area contributed by atoms with E-state index < -0.39 is 6.04 Å². The smallest absolute Gasteiger partial charge is 0.261 e. The molecule has 2 aromatic carbocycles. The SMILES string of the molecule is CCNC(=O)[C@@H](CC)N(CCc1ccccc1)C(=O)COc1ccccc1OC. The molecule has 0 aliphatic rings. The van der Waals surface area contributed by atoms with Gasteiger partial charge in [0.15, 0.2) is 18.1 Å². The van der Waals surface area contributed by atoms with Crippen LogP contribution in [0.25, 0.3) is 0 Å². The molecule has 0 aliphatic carbocycles. The third-order valence-corrected chi connectivity index (χ3v) is 4.64. The molecule has 2 aromatic rings. The summed E-state index contributed by atoms with van der Waals surface area (Å²) in [4.78, 5) is 27.2. The first-order chi connectivity index (χ1) is 14.1. The van der Waals surface area contributed by atoms with E-state index in [0.717, 1.165) is 5.56 Å². The lowest BCUT2D eigenvalue weighted by Crippen LogP contribution is -2.51. The molecule has 0 aliphatic heterocycles. The Kier molecular flexibility index (Phi) is 9.02. The minimum absolute atomic E-state index is 0.145. The van der Waals surface area contributed by atoms with Crippen molar-refractivity contribution in [2.45, 2.75) is 32.7 Å². The van der Waals surface area contributed by atoms with Crippen LogP contribution in [-0.4, -0.2) is 49.6 Å². The molecule has 0 heterocycles. The molecule has 0 saturated carbocycles. The van der Waals surface area contributed by atoms with E-state index in [1.54, 1.807) is 24.1 Å². The Hall–Kier alpha value is -3.02. The molecule has 6 heteroatoms. The van der Waals surface area contributed by atoms with Crippen LogP contribution in [0, 0.1) is 0 Å². The summed E-state index contributed by atoms with van der Waals surface area (Å²) < 4.78 is 11.0. The molecular weight excluding hydrogens is 368 g/mol. The van der Waals surface area contributed by atoms with Crippen LogP contribution in [0.4, 0.5) is 0 Å². The highest BCUT2D eigenvalue weighted by molar-refractivity contribution is 5.88. The summed E-state index contributed by atoms with van der Waals surface area (Å²) in [6, 6.07) is 16.6. The highest BCUT2D eigenvalue weighted by Gasteiger charge is 2.28. The van der Waals surface area contributed by atoms with E-state index in [-0.39, 0.29) is 18.4 Å². The summed E-state index contributed by atoms with van der Waals surface area (Å²) in [6.45, 7) is 4.57. The number of carbonyl (C=O) groups excluding carboxylic acids is 2. The van der Waals surface area contributed by atoms with E-state index in [1.165, 1.54) is 0 Å². The molecule has 29 heavy (non-hydrogen) atoms. The molecule has 1 atom stereocenters. The second-order valence-corrected chi connectivity index (χ2v) is 6.58. The zero-order valence-corrected chi connectivity index (χ0v) is 17.4. The van der Waals surface area contributed by atoms with Crippen molar-refractivity contribution in [3.63, 3.8) is 0 Å². The van der Waals surface area contributed by atoms with Crippen molar-refractivity contribution in [1.29, 1.82) is 0 Å². The zero-order valence-electron chi connectivity index (χ0n) is 17.4. The van der Waals surface area contributed by atoms with E-state index >= 15 is 0 Å². The van der Waals surface area contributed by atoms with Gasteiger partial charge in [-0.2, -0.15) is 0 Å². The van der Waals surface area contributed by atoms with Crippen LogP contribution in [0.15, 0.2) is 54.6 Å². The van der Waals surface area contributed by atoms with Gasteiger partial charge in [-0.1, -0.05) is 49.4 Å². The fraction of sp³-hybridized carbons (Fsp3) is 0.391. The molecule has 1 N–H and O–H groups in total. The largest absolute Gasteiger partial charge is 0.493 e. The number of rotatable bonds is 11. The first-order valence-electron chi connectivity index (χ1n) is 9.97. The number of hydrogen-bond acceptors (Lipinski definition) is 4. The lowest BCUT2D eigenvalue weighted by Gasteiger charge is -2.30. The molecule has 0 bridgehead atoms. The Bertz CT molecular complexity index is 779. The predicted molar refractivity (Wildman–Crippen MR) is 113 cm³/mol. The lowest BCUT2D eigenvalue weighted by molar-refractivity contribution is -0.142. The van der Waals surface area contributed by atoms with Crippen molar-refractivity contribution in [3.8, 4) is 11.5 Å². The fourth-order valence-electron chi connectivity index (χ4n) is 3.15. The molecule has 0 unspecified atom stereocenters. The topological polar surface area (TPSA) is 67.9 Å². The zero-order chi connectivity index (χ0) is 21.1. The Balaban J connectivity index is 2.13. The van der Waals surface area contributed by atoms with Gasteiger partial charge >= 0.3 is 0 Å². The van der Waals surface area contributed by atoms with E-state index in [1.807, 2.05) is 56.3 Å². The second kappa shape index (κ2) is 11.7. The summed E-state index contributed by atoms with van der Waals surface area (Å²) in [6.07, 6.45) is 1.19. The number of ether oxygens (including phenoxy) is 2. The molecule has 0 spiro atoms. The minimum atomic E-state index is -0.535. The van der Waals surface area contributed by atoms with Gasteiger partial charge in [0, 0.05) is 13.1 Å². The molecular formula is C23H30N2O4. The van der Waals surface area contributed by atoms with Crippen molar-refractivity contribution in [3.05, 3.63) is 60.2 Å². The van der Waals surface area contributed by atoms with E-state index in [2.05, 4.69) is 5.32 Å². The third-order valence-electron chi connectivity index (χ3n) is 4.64. The van der Waals surface area contributed by atoms with Crippen LogP contribution in [0.1, 0.15) is 25.8 Å². The quantitative estimate of drug-likeness (QED) is 0.632. The van der Waals surface area contributed by atoms with Crippen LogP contribution in [0.3, 0.4) is 0 Å². The maximum absolute atomic E-state index is 13.0. The van der Waals surface area contributed by atoms with Gasteiger partial charge in [-0.25, -0.2) is 0 Å². The van der Waals surface area contributed by atoms with Gasteiger partial charge in [0.2, 0.25) is 5.91 Å². The molecule has 2 rings (SSSR count). The first-order valence-corrected chi connectivity index (χ1v) is 9.97. The summed E-state index contributed by atoms with van der Waals surface area (Å²) in [5.74, 6) is 0.683. The fourth-order valence-corrected chi connectivity index (χ4v) is 3.15. The van der Waals surface area contributed by atoms with Gasteiger partial charge in [0.25, 0.3) is 5.91 Å². The van der Waals surface area contributed by atoms with Crippen LogP contribution in [-0.2, 0) is 16.0 Å². The molecule has 0 saturated heterocycles. The van der Waals surface area contributed by atoms with Crippen molar-refractivity contribution in [1.82, 2.24) is 10.2 Å². The van der Waals surface area contributed by atoms with Gasteiger partial charge < -0.3 is 19.7 Å². The number of likely N-dealkylation sites (N-methyl/N-ethyl adjacent to an activating group) is 1. The number of nitrogens with one attached hydrogen (secondary N) is 1. The van der Waals surface area contributed by atoms with Crippen LogP contribution < -0.4 is 14.8 Å². The lowest BCUT2D eigenvalue weighted by atomic mass is 10.1. The minimum Gasteiger partial charge on any atom is -0.493 e. The normalized spacial score (nSPS) is 11.4. The number of hydrogen-bond donors (Lipinski definition) is 1. The standard InChI is InChI=1S/C23H30N2O4/c1-4-19(23(27)24-5-2)25(16-15-18-11-7-6-8-12-18)22(26)17-29-21-14-10-9-13-20(21)28-3/h6-14,19H,4-5,15-17H2,1-3H3,(H,24,27)/t19-/m1/s1. The van der Waals surface area contributed by atoms with E-state index in [0.29, 0.717) is 37.4 Å². The van der Waals surface area contributed by atoms with Gasteiger partial charge in [0.1, 0.15) is 6.04 Å². The predicted octanol–water partition coefficient (Wildman–Crippen LogP) is 3.06. The van der Waals surface area contributed by atoms with E-state index in [4.69, 9.17) is 9.47 Å². The number of carbonyl (C=O) groups is 2. The molecule has 2 amide bonds. The summed E-state index contributed by atoms with van der Waals surface area (Å²) in [7, 11) is 1.55. The average molecular weight is 399 g/mol. The Labute approximate surface area is 172 Å². The number of methoxy groups -OCH3 is 1. The molecule has 156 valence electrons. The Morgan fingerprint density at radius 3 is 2.28 bits per heavy atom. The molecule has 0 aromatic heterocycles. The van der Waals surface area contributed by atoms with Gasteiger partial charge in [-0.05, 0) is 37.5 Å². The summed E-state index contributed by atoms with van der Waals surface area (Å²) in [5.41, 5.74) is 1.11. The summed E-state index contributed by atoms with van der Waals surface area (Å²) in [5, 5.41) is 2.83. The van der Waals surface area contributed by atoms with E-state index in [9.17, 15) is 9.59 Å². The first kappa shape index (κ1) is 22.3. The van der Waals surface area contributed by atoms with Crippen molar-refractivity contribution in [2.75, 3.05) is 26.8 Å². The monoisotopic (exact) mass is 398 g/mol. The second-order valence-electron chi connectivity index (χ2n) is 6.58. The van der Waals surface area contributed by atoms with Crippen molar-refractivity contribution < 1.29 is 19.1 Å². The van der Waals surface area contributed by atoms with Crippen LogP contribution >= 0.6 is 0 Å². The van der Waals surface area contributed by atoms with Crippen molar-refractivity contribution in [2.24, 2.45) is 0 Å². The Morgan fingerprint density at radius 2 is 1.66 bits per heavy atom. The summed E-state index contributed by atoms with van der Waals surface area (Å²) >= 11 is 0. The molecule has 0 radical (unpaired) electrons. The van der Waals surface area contributed by atoms with Gasteiger partial charge in [-0.15, -0.1) is 0 Å². The van der Waals surface area contributed by atoms with Crippen LogP contribution in [0.5, 0.6) is 11.5 Å². The number of para-hydroxylation sites is 2. The maximum atomic E-state index is 13.0. The van der Waals surface area contributed by atoms with Gasteiger partial charge in [-0.3, -0.25) is 9.59 Å². The molecule has 0 fully saturated rings. The number of benzene rings is 2. The Morgan fingerprint density at radius 1 is 1.00 bits per heavy atom. The highest BCUT2D eigenvalue weighted by Crippen LogP contribution is 2.25. The molecule has 6 nitrogen and oxygen atoms in total. The average Bonchev–Trinajstić information content (AvgIpc) is 2.75. The maximum Gasteiger partial charge on any atom is 0.261 e.